The maximum Gasteiger partial charge on any atom is 0.323 e. The number of fused-ring (bicyclic) bond motifs is 3. The first-order valence-corrected chi connectivity index (χ1v) is 13.0. The molecule has 4 heteroatoms. The van der Waals surface area contributed by atoms with Crippen molar-refractivity contribution in [3.63, 3.8) is 0 Å². The standard InChI is InChI=1S/C28H43NO3/c1-19(2)26(29)27(30)32-22-10-4-5-12-23-20(8-6-11-22)15-16-28(3)24(13-14-25(23)28)21-9-7-17-31-18-21/h7,9,14,18-20,22-24,26H,4-6,8,10-13,15-17,29H2,1-3H3. The minimum Gasteiger partial charge on any atom is -0.497 e. The molecule has 32 heavy (non-hydrogen) atoms. The van der Waals surface area contributed by atoms with Gasteiger partial charge in [0.2, 0.25) is 0 Å². The second kappa shape index (κ2) is 10.2. The molecule has 6 unspecified atom stereocenters. The van der Waals surface area contributed by atoms with Crippen LogP contribution < -0.4 is 5.73 Å². The molecule has 6 atom stereocenters. The van der Waals surface area contributed by atoms with E-state index in [0.717, 1.165) is 43.9 Å². The molecule has 0 radical (unpaired) electrons. The highest BCUT2D eigenvalue weighted by molar-refractivity contribution is 5.75. The van der Waals surface area contributed by atoms with E-state index < -0.39 is 6.04 Å². The number of esters is 1. The molecule has 3 aliphatic carbocycles. The third-order valence-electron chi connectivity index (χ3n) is 8.79. The molecule has 2 saturated carbocycles. The van der Waals surface area contributed by atoms with Crippen LogP contribution in [0.15, 0.2) is 35.6 Å². The number of nitrogens with two attached hydrogens (primary N) is 1. The molecule has 2 N–H and O–H groups in total. The molecule has 0 saturated heterocycles. The smallest absolute Gasteiger partial charge is 0.323 e. The fraction of sp³-hybridized carbons (Fsp3) is 0.750. The molecule has 1 heterocycles. The Morgan fingerprint density at radius 3 is 2.69 bits per heavy atom. The summed E-state index contributed by atoms with van der Waals surface area (Å²) in [6.45, 7) is 7.18. The van der Waals surface area contributed by atoms with Crippen LogP contribution >= 0.6 is 0 Å². The molecule has 4 rings (SSSR count). The van der Waals surface area contributed by atoms with E-state index in [1.807, 2.05) is 20.1 Å². The van der Waals surface area contributed by atoms with E-state index in [0.29, 0.717) is 12.5 Å². The SMILES string of the molecule is CC(C)C(N)C(=O)OC1CCCCC2C3=CCC(C4=COCC=C4)C3(C)CCC2CCC1. The molecule has 0 bridgehead atoms. The molecule has 0 aromatic heterocycles. The molecule has 0 spiro atoms. The number of carbonyl (C=O) groups excluding carboxylic acids is 1. The molecule has 0 aromatic carbocycles. The van der Waals surface area contributed by atoms with Crippen molar-refractivity contribution in [1.29, 1.82) is 0 Å². The lowest BCUT2D eigenvalue weighted by Gasteiger charge is -2.47. The number of hydrogen-bond acceptors (Lipinski definition) is 4. The van der Waals surface area contributed by atoms with Gasteiger partial charge in [0, 0.05) is 0 Å². The summed E-state index contributed by atoms with van der Waals surface area (Å²) in [5.41, 5.74) is 9.43. The van der Waals surface area contributed by atoms with Crippen molar-refractivity contribution in [1.82, 2.24) is 0 Å². The van der Waals surface area contributed by atoms with Gasteiger partial charge in [0.25, 0.3) is 0 Å². The average molecular weight is 442 g/mol. The Morgan fingerprint density at radius 1 is 1.16 bits per heavy atom. The van der Waals surface area contributed by atoms with E-state index in [4.69, 9.17) is 15.2 Å². The van der Waals surface area contributed by atoms with Crippen LogP contribution in [0.5, 0.6) is 0 Å². The zero-order valence-electron chi connectivity index (χ0n) is 20.4. The second-order valence-electron chi connectivity index (χ2n) is 11.2. The van der Waals surface area contributed by atoms with Gasteiger partial charge in [0.15, 0.2) is 0 Å². The normalized spacial score (nSPS) is 36.3. The maximum absolute atomic E-state index is 12.4. The van der Waals surface area contributed by atoms with Crippen LogP contribution in [0.2, 0.25) is 0 Å². The van der Waals surface area contributed by atoms with Gasteiger partial charge >= 0.3 is 5.97 Å². The average Bonchev–Trinajstić information content (AvgIpc) is 3.14. The number of ether oxygens (including phenoxy) is 2. The van der Waals surface area contributed by atoms with Crippen LogP contribution in [-0.4, -0.2) is 24.7 Å². The zero-order valence-corrected chi connectivity index (χ0v) is 20.4. The predicted molar refractivity (Wildman–Crippen MR) is 129 cm³/mol. The molecule has 2 fully saturated rings. The highest BCUT2D eigenvalue weighted by atomic mass is 16.5. The summed E-state index contributed by atoms with van der Waals surface area (Å²) in [4.78, 5) is 12.4. The fourth-order valence-corrected chi connectivity index (χ4v) is 6.76. The number of carbonyl (C=O) groups is 1. The molecular weight excluding hydrogens is 398 g/mol. The van der Waals surface area contributed by atoms with Crippen LogP contribution in [0.25, 0.3) is 0 Å². The van der Waals surface area contributed by atoms with Gasteiger partial charge in [-0.2, -0.15) is 0 Å². The minimum absolute atomic E-state index is 0.0396. The lowest BCUT2D eigenvalue weighted by molar-refractivity contribution is -0.152. The van der Waals surface area contributed by atoms with E-state index in [-0.39, 0.29) is 23.4 Å². The van der Waals surface area contributed by atoms with E-state index in [2.05, 4.69) is 25.2 Å². The first-order valence-electron chi connectivity index (χ1n) is 13.0. The van der Waals surface area contributed by atoms with Crippen molar-refractivity contribution in [2.45, 2.75) is 97.1 Å². The van der Waals surface area contributed by atoms with Crippen molar-refractivity contribution in [2.75, 3.05) is 6.61 Å². The van der Waals surface area contributed by atoms with Gasteiger partial charge in [-0.15, -0.1) is 0 Å². The summed E-state index contributed by atoms with van der Waals surface area (Å²) in [5, 5.41) is 0. The largest absolute Gasteiger partial charge is 0.497 e. The Hall–Kier alpha value is -1.55. The Labute approximate surface area is 194 Å². The van der Waals surface area contributed by atoms with Crippen molar-refractivity contribution in [3.8, 4) is 0 Å². The summed E-state index contributed by atoms with van der Waals surface area (Å²) in [7, 11) is 0. The highest BCUT2D eigenvalue weighted by Crippen LogP contribution is 2.59. The molecule has 4 aliphatic rings. The van der Waals surface area contributed by atoms with Gasteiger partial charge in [0.05, 0.1) is 6.26 Å². The summed E-state index contributed by atoms with van der Waals surface area (Å²) in [6.07, 6.45) is 20.8. The topological polar surface area (TPSA) is 61.6 Å². The van der Waals surface area contributed by atoms with E-state index in [1.165, 1.54) is 37.7 Å². The predicted octanol–water partition coefficient (Wildman–Crippen LogP) is 6.07. The summed E-state index contributed by atoms with van der Waals surface area (Å²) < 4.78 is 11.5. The Kier molecular flexibility index (Phi) is 7.49. The van der Waals surface area contributed by atoms with Gasteiger partial charge in [-0.25, -0.2) is 0 Å². The molecule has 4 nitrogen and oxygen atoms in total. The Balaban J connectivity index is 1.39. The number of rotatable bonds is 4. The molecular formula is C28H43NO3. The first kappa shape index (κ1) is 23.6. The van der Waals surface area contributed by atoms with Crippen LogP contribution in [0.3, 0.4) is 0 Å². The number of allylic oxidation sites excluding steroid dienone is 4. The van der Waals surface area contributed by atoms with Gasteiger partial charge in [-0.3, -0.25) is 4.79 Å². The summed E-state index contributed by atoms with van der Waals surface area (Å²) >= 11 is 0. The lowest BCUT2D eigenvalue weighted by atomic mass is 9.57. The Morgan fingerprint density at radius 2 is 1.94 bits per heavy atom. The van der Waals surface area contributed by atoms with Crippen LogP contribution in [0, 0.1) is 29.1 Å². The quantitative estimate of drug-likeness (QED) is 0.424. The molecule has 178 valence electrons. The van der Waals surface area contributed by atoms with E-state index in [9.17, 15) is 4.79 Å². The fourth-order valence-electron chi connectivity index (χ4n) is 6.76. The van der Waals surface area contributed by atoms with Crippen molar-refractivity contribution in [3.05, 3.63) is 35.6 Å². The molecule has 0 amide bonds. The van der Waals surface area contributed by atoms with Crippen LogP contribution in [0.1, 0.15) is 85.0 Å². The maximum atomic E-state index is 12.4. The van der Waals surface area contributed by atoms with Gasteiger partial charge < -0.3 is 15.2 Å². The second-order valence-corrected chi connectivity index (χ2v) is 11.2. The lowest BCUT2D eigenvalue weighted by Crippen LogP contribution is -2.39. The van der Waals surface area contributed by atoms with Gasteiger partial charge in [-0.05, 0) is 98.5 Å². The summed E-state index contributed by atoms with van der Waals surface area (Å²) in [6, 6.07) is -0.507. The summed E-state index contributed by atoms with van der Waals surface area (Å²) in [5.74, 6) is 1.97. The van der Waals surface area contributed by atoms with E-state index >= 15 is 0 Å². The molecule has 0 aromatic rings. The van der Waals surface area contributed by atoms with Crippen molar-refractivity contribution in [2.24, 2.45) is 34.8 Å². The van der Waals surface area contributed by atoms with Gasteiger partial charge in [0.1, 0.15) is 18.8 Å². The highest BCUT2D eigenvalue weighted by Gasteiger charge is 2.49. The number of hydrogen-bond donors (Lipinski definition) is 1. The minimum atomic E-state index is -0.507. The monoisotopic (exact) mass is 441 g/mol. The van der Waals surface area contributed by atoms with Gasteiger partial charge in [-0.1, -0.05) is 44.9 Å². The third-order valence-corrected chi connectivity index (χ3v) is 8.79. The first-order chi connectivity index (χ1) is 15.4. The third kappa shape index (κ3) is 4.85. The Bertz CT molecular complexity index is 767. The van der Waals surface area contributed by atoms with E-state index in [1.54, 1.807) is 5.57 Å². The zero-order chi connectivity index (χ0) is 22.7. The van der Waals surface area contributed by atoms with Crippen LogP contribution in [0.4, 0.5) is 0 Å². The molecule has 1 aliphatic heterocycles. The van der Waals surface area contributed by atoms with Crippen LogP contribution in [-0.2, 0) is 14.3 Å². The van der Waals surface area contributed by atoms with Crippen molar-refractivity contribution >= 4 is 5.97 Å². The van der Waals surface area contributed by atoms with Crippen molar-refractivity contribution < 1.29 is 14.3 Å².